The zero-order valence-electron chi connectivity index (χ0n) is 12.6. The number of nitrogens with one attached hydrogen (secondary N) is 2. The molecule has 0 aliphatic carbocycles. The smallest absolute Gasteiger partial charge is 0.370 e. The van der Waals surface area contributed by atoms with E-state index in [1.54, 1.807) is 0 Å². The lowest BCUT2D eigenvalue weighted by Crippen LogP contribution is -2.25. The highest BCUT2D eigenvalue weighted by atomic mass is 19.4. The van der Waals surface area contributed by atoms with Crippen molar-refractivity contribution >= 4 is 11.8 Å². The first kappa shape index (κ1) is 17.5. The van der Waals surface area contributed by atoms with Crippen LogP contribution in [0.15, 0.2) is 6.07 Å². The summed E-state index contributed by atoms with van der Waals surface area (Å²) in [4.78, 5) is 7.21. The van der Waals surface area contributed by atoms with Crippen LogP contribution in [-0.4, -0.2) is 16.5 Å². The van der Waals surface area contributed by atoms with E-state index < -0.39 is 11.9 Å². The number of anilines is 2. The Labute approximate surface area is 122 Å². The highest BCUT2D eigenvalue weighted by molar-refractivity contribution is 5.42. The van der Waals surface area contributed by atoms with Crippen molar-refractivity contribution in [2.24, 2.45) is 23.6 Å². The van der Waals surface area contributed by atoms with Gasteiger partial charge in [-0.15, -0.1) is 0 Å². The first-order valence-corrected chi connectivity index (χ1v) is 6.82. The molecule has 21 heavy (non-hydrogen) atoms. The van der Waals surface area contributed by atoms with E-state index in [0.29, 0.717) is 24.3 Å². The maximum atomic E-state index is 12.8. The van der Waals surface area contributed by atoms with E-state index in [9.17, 15) is 13.2 Å². The molecule has 1 aromatic heterocycles. The average molecular weight is 305 g/mol. The summed E-state index contributed by atoms with van der Waals surface area (Å²) in [6.07, 6.45) is -4.54. The van der Waals surface area contributed by atoms with Gasteiger partial charge in [0.05, 0.1) is 0 Å². The number of hydrogen-bond donors (Lipinski definition) is 3. The number of nitrogens with zero attached hydrogens (tertiary/aromatic N) is 2. The highest BCUT2D eigenvalue weighted by Gasteiger charge is 2.33. The van der Waals surface area contributed by atoms with E-state index in [2.05, 4.69) is 48.4 Å². The predicted octanol–water partition coefficient (Wildman–Crippen LogP) is 3.12. The Morgan fingerprint density at radius 3 is 2.14 bits per heavy atom. The van der Waals surface area contributed by atoms with E-state index in [0.717, 1.165) is 6.07 Å². The second-order valence-electron chi connectivity index (χ2n) is 5.64. The van der Waals surface area contributed by atoms with Crippen LogP contribution in [0.1, 0.15) is 33.4 Å². The largest absolute Gasteiger partial charge is 0.433 e. The summed E-state index contributed by atoms with van der Waals surface area (Å²) >= 11 is 0. The Morgan fingerprint density at radius 1 is 1.14 bits per heavy atom. The number of alkyl halides is 3. The number of nitrogens with two attached hydrogens (primary N) is 1. The Morgan fingerprint density at radius 2 is 1.71 bits per heavy atom. The van der Waals surface area contributed by atoms with Crippen LogP contribution in [0.2, 0.25) is 0 Å². The van der Waals surface area contributed by atoms with Gasteiger partial charge in [0.15, 0.2) is 5.69 Å². The maximum Gasteiger partial charge on any atom is 0.433 e. The van der Waals surface area contributed by atoms with Gasteiger partial charge in [-0.25, -0.2) is 10.8 Å². The highest BCUT2D eigenvalue weighted by Crippen LogP contribution is 2.30. The monoisotopic (exact) mass is 305 g/mol. The first-order valence-electron chi connectivity index (χ1n) is 6.82. The lowest BCUT2D eigenvalue weighted by molar-refractivity contribution is -0.141. The van der Waals surface area contributed by atoms with Crippen molar-refractivity contribution in [2.45, 2.75) is 33.9 Å². The lowest BCUT2D eigenvalue weighted by atomic mass is 9.85. The molecule has 0 saturated heterocycles. The molecule has 0 fully saturated rings. The van der Waals surface area contributed by atoms with Gasteiger partial charge in [0.1, 0.15) is 5.82 Å². The standard InChI is InChI=1S/C13H22F3N5/c1-7(2)9(8(3)4)6-18-11-5-10(13(14,15)16)19-12(20-11)21-17/h5,7-9H,6,17H2,1-4H3,(H2,18,19,20,21). The molecule has 0 aliphatic heterocycles. The first-order chi connectivity index (χ1) is 9.65. The summed E-state index contributed by atoms with van der Waals surface area (Å²) in [6.45, 7) is 8.87. The molecule has 0 radical (unpaired) electrons. The van der Waals surface area contributed by atoms with Crippen LogP contribution in [0.5, 0.6) is 0 Å². The Hall–Kier alpha value is -1.57. The van der Waals surface area contributed by atoms with Crippen molar-refractivity contribution < 1.29 is 13.2 Å². The van der Waals surface area contributed by atoms with Crippen LogP contribution < -0.4 is 16.6 Å². The fourth-order valence-electron chi connectivity index (χ4n) is 2.21. The molecule has 120 valence electrons. The number of hydrogen-bond acceptors (Lipinski definition) is 5. The van der Waals surface area contributed by atoms with Gasteiger partial charge in [0.25, 0.3) is 0 Å². The average Bonchev–Trinajstić information content (AvgIpc) is 2.36. The quantitative estimate of drug-likeness (QED) is 0.556. The minimum Gasteiger partial charge on any atom is -0.370 e. The van der Waals surface area contributed by atoms with Gasteiger partial charge >= 0.3 is 6.18 Å². The topological polar surface area (TPSA) is 75.9 Å². The number of nitrogen functional groups attached to an aromatic ring is 1. The number of aromatic nitrogens is 2. The Bertz CT molecular complexity index is 452. The van der Waals surface area contributed by atoms with Crippen LogP contribution in [0.3, 0.4) is 0 Å². The molecule has 0 aliphatic rings. The van der Waals surface area contributed by atoms with Gasteiger partial charge in [-0.2, -0.15) is 18.2 Å². The molecule has 4 N–H and O–H groups in total. The zero-order valence-corrected chi connectivity index (χ0v) is 12.6. The fourth-order valence-corrected chi connectivity index (χ4v) is 2.21. The molecule has 0 unspecified atom stereocenters. The van der Waals surface area contributed by atoms with E-state index in [1.807, 2.05) is 0 Å². The molecule has 0 saturated carbocycles. The van der Waals surface area contributed by atoms with Crippen molar-refractivity contribution in [2.75, 3.05) is 17.3 Å². The summed E-state index contributed by atoms with van der Waals surface area (Å²) in [5.41, 5.74) is 1.02. The van der Waals surface area contributed by atoms with Gasteiger partial charge < -0.3 is 5.32 Å². The third kappa shape index (κ3) is 5.04. The van der Waals surface area contributed by atoms with Crippen LogP contribution in [-0.2, 0) is 6.18 Å². The second kappa shape index (κ2) is 6.93. The summed E-state index contributed by atoms with van der Waals surface area (Å²) in [7, 11) is 0. The molecular formula is C13H22F3N5. The Kier molecular flexibility index (Phi) is 5.77. The summed E-state index contributed by atoms with van der Waals surface area (Å²) < 4.78 is 38.3. The maximum absolute atomic E-state index is 12.8. The fraction of sp³-hybridized carbons (Fsp3) is 0.692. The molecule has 5 nitrogen and oxygen atoms in total. The molecule has 1 heterocycles. The van der Waals surface area contributed by atoms with E-state index >= 15 is 0 Å². The number of halogens is 3. The minimum absolute atomic E-state index is 0.108. The Balaban J connectivity index is 2.92. The van der Waals surface area contributed by atoms with Gasteiger partial charge in [0, 0.05) is 12.6 Å². The summed E-state index contributed by atoms with van der Waals surface area (Å²) in [5.74, 6) is 6.10. The van der Waals surface area contributed by atoms with Gasteiger partial charge in [-0.1, -0.05) is 27.7 Å². The molecule has 0 amide bonds. The SMILES string of the molecule is CC(C)C(CNc1cc(C(F)(F)F)nc(NN)n1)C(C)C. The van der Waals surface area contributed by atoms with Gasteiger partial charge in [0.2, 0.25) is 5.95 Å². The van der Waals surface area contributed by atoms with Crippen LogP contribution in [0.4, 0.5) is 24.9 Å². The van der Waals surface area contributed by atoms with Crippen molar-refractivity contribution in [3.63, 3.8) is 0 Å². The van der Waals surface area contributed by atoms with E-state index in [1.165, 1.54) is 0 Å². The third-order valence-corrected chi connectivity index (χ3v) is 3.38. The molecule has 0 bridgehead atoms. The van der Waals surface area contributed by atoms with Crippen molar-refractivity contribution in [3.8, 4) is 0 Å². The molecule has 0 spiro atoms. The molecule has 1 rings (SSSR count). The van der Waals surface area contributed by atoms with Crippen molar-refractivity contribution in [3.05, 3.63) is 11.8 Å². The minimum atomic E-state index is -4.54. The number of hydrazine groups is 1. The molecule has 0 atom stereocenters. The molecular weight excluding hydrogens is 283 g/mol. The van der Waals surface area contributed by atoms with E-state index in [-0.39, 0.29) is 11.8 Å². The number of rotatable bonds is 6. The van der Waals surface area contributed by atoms with Crippen molar-refractivity contribution in [1.29, 1.82) is 0 Å². The van der Waals surface area contributed by atoms with Crippen molar-refractivity contribution in [1.82, 2.24) is 9.97 Å². The summed E-state index contributed by atoms with van der Waals surface area (Å²) in [6, 6.07) is 0.887. The predicted molar refractivity (Wildman–Crippen MR) is 76.5 cm³/mol. The molecule has 8 heteroatoms. The third-order valence-electron chi connectivity index (χ3n) is 3.38. The zero-order chi connectivity index (χ0) is 16.2. The van der Waals surface area contributed by atoms with Gasteiger partial charge in [-0.05, 0) is 17.8 Å². The molecule has 1 aromatic rings. The second-order valence-corrected chi connectivity index (χ2v) is 5.64. The molecule has 0 aromatic carbocycles. The van der Waals surface area contributed by atoms with E-state index in [4.69, 9.17) is 5.84 Å². The van der Waals surface area contributed by atoms with Crippen LogP contribution in [0.25, 0.3) is 0 Å². The van der Waals surface area contributed by atoms with Gasteiger partial charge in [-0.3, -0.25) is 5.43 Å². The lowest BCUT2D eigenvalue weighted by Gasteiger charge is -2.25. The normalized spacial score (nSPS) is 12.3. The van der Waals surface area contributed by atoms with Crippen LogP contribution >= 0.6 is 0 Å². The van der Waals surface area contributed by atoms with Crippen LogP contribution in [0, 0.1) is 17.8 Å². The summed E-state index contributed by atoms with van der Waals surface area (Å²) in [5, 5.41) is 2.95.